The van der Waals surface area contributed by atoms with E-state index >= 15 is 0 Å². The van der Waals surface area contributed by atoms with Gasteiger partial charge in [-0.25, -0.2) is 0 Å². The molecule has 0 fully saturated rings. The Balaban J connectivity index is 3.90. The minimum Gasteiger partial charge on any atom is -0.462 e. The van der Waals surface area contributed by atoms with Gasteiger partial charge in [0.2, 0.25) is 0 Å². The smallest absolute Gasteiger partial charge is 0.306 e. The summed E-state index contributed by atoms with van der Waals surface area (Å²) in [5.74, 6) is -0.852. The van der Waals surface area contributed by atoms with Gasteiger partial charge in [0.25, 0.3) is 0 Å². The van der Waals surface area contributed by atoms with Crippen LogP contribution in [-0.2, 0) is 28.6 Å². The lowest BCUT2D eigenvalue weighted by Crippen LogP contribution is -2.30. The lowest BCUT2D eigenvalue weighted by atomic mass is 10.0. The van der Waals surface area contributed by atoms with Crippen LogP contribution < -0.4 is 0 Å². The standard InChI is InChI=1S/C70H134O6/c1-4-7-10-13-15-17-19-21-23-25-27-29-31-32-33-34-35-36-37-39-40-42-44-46-48-50-52-54-57-60-63-69(72)75-66-67(65-74-68(71)62-59-56-12-9-6-3)76-70(73)64-61-58-55-53-51-49-47-45-43-41-38-30-28-26-24-22-20-18-16-14-11-8-5-2/h26,28,67H,4-25,27,29-66H2,1-3H3/b28-26-. The van der Waals surface area contributed by atoms with Gasteiger partial charge < -0.3 is 14.2 Å². The van der Waals surface area contributed by atoms with Gasteiger partial charge in [-0.2, -0.15) is 0 Å². The first-order chi connectivity index (χ1) is 37.5. The third kappa shape index (κ3) is 63.0. The first kappa shape index (κ1) is 74.2. The molecule has 0 amide bonds. The zero-order valence-corrected chi connectivity index (χ0v) is 51.8. The molecule has 76 heavy (non-hydrogen) atoms. The zero-order valence-electron chi connectivity index (χ0n) is 51.8. The molecule has 0 rings (SSSR count). The van der Waals surface area contributed by atoms with E-state index in [1.54, 1.807) is 0 Å². The molecule has 450 valence electrons. The summed E-state index contributed by atoms with van der Waals surface area (Å²) in [6.45, 7) is 6.63. The van der Waals surface area contributed by atoms with Crippen LogP contribution >= 0.6 is 0 Å². The van der Waals surface area contributed by atoms with Crippen LogP contribution in [0.5, 0.6) is 0 Å². The van der Waals surface area contributed by atoms with E-state index in [1.165, 1.54) is 295 Å². The first-order valence-electron chi connectivity index (χ1n) is 34.7. The van der Waals surface area contributed by atoms with Gasteiger partial charge in [0.15, 0.2) is 6.10 Å². The topological polar surface area (TPSA) is 78.9 Å². The molecule has 0 aromatic carbocycles. The second-order valence-corrected chi connectivity index (χ2v) is 23.8. The van der Waals surface area contributed by atoms with Crippen molar-refractivity contribution in [1.82, 2.24) is 0 Å². The molecule has 0 spiro atoms. The molecule has 0 aromatic heterocycles. The Hall–Kier alpha value is -1.85. The van der Waals surface area contributed by atoms with Gasteiger partial charge in [-0.15, -0.1) is 0 Å². The van der Waals surface area contributed by atoms with Crippen LogP contribution in [0.1, 0.15) is 400 Å². The molecule has 0 aliphatic heterocycles. The van der Waals surface area contributed by atoms with Crippen molar-refractivity contribution in [2.75, 3.05) is 13.2 Å². The molecule has 0 aromatic rings. The van der Waals surface area contributed by atoms with Crippen molar-refractivity contribution in [3.8, 4) is 0 Å². The molecule has 0 aliphatic carbocycles. The second-order valence-electron chi connectivity index (χ2n) is 23.8. The van der Waals surface area contributed by atoms with Crippen LogP contribution in [0.25, 0.3) is 0 Å². The van der Waals surface area contributed by atoms with Gasteiger partial charge in [0, 0.05) is 19.3 Å². The third-order valence-corrected chi connectivity index (χ3v) is 16.0. The van der Waals surface area contributed by atoms with Crippen molar-refractivity contribution in [3.63, 3.8) is 0 Å². The third-order valence-electron chi connectivity index (χ3n) is 16.0. The number of carbonyl (C=O) groups excluding carboxylic acids is 3. The average Bonchev–Trinajstić information content (AvgIpc) is 3.42. The number of unbranched alkanes of at least 4 members (excludes halogenated alkanes) is 52. The molecule has 6 heteroatoms. The van der Waals surface area contributed by atoms with Crippen LogP contribution in [-0.4, -0.2) is 37.2 Å². The number of ether oxygens (including phenoxy) is 3. The Labute approximate surface area is 475 Å². The minimum atomic E-state index is -0.764. The molecular formula is C70H134O6. The molecule has 0 N–H and O–H groups in total. The normalized spacial score (nSPS) is 12.0. The fourth-order valence-electron chi connectivity index (χ4n) is 10.8. The van der Waals surface area contributed by atoms with Gasteiger partial charge >= 0.3 is 17.9 Å². The predicted octanol–water partition coefficient (Wildman–Crippen LogP) is 23.6. The van der Waals surface area contributed by atoms with E-state index in [-0.39, 0.29) is 31.1 Å². The molecule has 0 bridgehead atoms. The van der Waals surface area contributed by atoms with Crippen molar-refractivity contribution < 1.29 is 28.6 Å². The molecule has 0 saturated heterocycles. The Bertz CT molecular complexity index is 1180. The van der Waals surface area contributed by atoms with Gasteiger partial charge in [0.1, 0.15) is 13.2 Å². The molecule has 6 nitrogen and oxygen atoms in total. The molecule has 0 saturated carbocycles. The fraction of sp³-hybridized carbons (Fsp3) is 0.929. The van der Waals surface area contributed by atoms with E-state index in [2.05, 4.69) is 32.9 Å². The first-order valence-corrected chi connectivity index (χ1v) is 34.7. The van der Waals surface area contributed by atoms with Crippen molar-refractivity contribution in [2.45, 2.75) is 406 Å². The lowest BCUT2D eigenvalue weighted by molar-refractivity contribution is -0.167. The maximum absolute atomic E-state index is 12.8. The van der Waals surface area contributed by atoms with E-state index in [9.17, 15) is 14.4 Å². The van der Waals surface area contributed by atoms with Gasteiger partial charge in [-0.1, -0.05) is 348 Å². The maximum atomic E-state index is 12.8. The van der Waals surface area contributed by atoms with Crippen molar-refractivity contribution >= 4 is 17.9 Å². The van der Waals surface area contributed by atoms with E-state index in [1.807, 2.05) is 0 Å². The second kappa shape index (κ2) is 65.7. The average molecular weight is 1070 g/mol. The molecule has 0 radical (unpaired) electrons. The number of carbonyl (C=O) groups is 3. The van der Waals surface area contributed by atoms with Crippen LogP contribution in [0.15, 0.2) is 12.2 Å². The van der Waals surface area contributed by atoms with Crippen LogP contribution in [0.4, 0.5) is 0 Å². The van der Waals surface area contributed by atoms with E-state index in [0.717, 1.165) is 64.2 Å². The fourth-order valence-corrected chi connectivity index (χ4v) is 10.8. The highest BCUT2D eigenvalue weighted by Gasteiger charge is 2.19. The molecule has 0 aliphatic rings. The minimum absolute atomic E-state index is 0.0651. The predicted molar refractivity (Wildman–Crippen MR) is 330 cm³/mol. The summed E-state index contributed by atoms with van der Waals surface area (Å²) in [5.41, 5.74) is 0. The monoisotopic (exact) mass is 1070 g/mol. The van der Waals surface area contributed by atoms with E-state index in [0.29, 0.717) is 19.3 Å². The summed E-state index contributed by atoms with van der Waals surface area (Å²) in [5, 5.41) is 0. The highest BCUT2D eigenvalue weighted by atomic mass is 16.6. The van der Waals surface area contributed by atoms with Crippen LogP contribution in [0, 0.1) is 0 Å². The lowest BCUT2D eigenvalue weighted by Gasteiger charge is -2.18. The van der Waals surface area contributed by atoms with Crippen LogP contribution in [0.2, 0.25) is 0 Å². The van der Waals surface area contributed by atoms with Gasteiger partial charge in [-0.05, 0) is 44.9 Å². The van der Waals surface area contributed by atoms with E-state index in [4.69, 9.17) is 14.2 Å². The SMILES string of the molecule is CCCCCCCCCC/C=C\CCCCCCCCCCCCCC(=O)OC(COC(=O)CCCCCCC)COC(=O)CCCCCCCCCCCCCCCCCCCCCCCCCCCCCCCC. The zero-order chi connectivity index (χ0) is 55.0. The maximum Gasteiger partial charge on any atom is 0.306 e. The summed E-state index contributed by atoms with van der Waals surface area (Å²) in [4.78, 5) is 38.0. The van der Waals surface area contributed by atoms with Crippen molar-refractivity contribution in [2.24, 2.45) is 0 Å². The van der Waals surface area contributed by atoms with Crippen molar-refractivity contribution in [3.05, 3.63) is 12.2 Å². The number of allylic oxidation sites excluding steroid dienone is 2. The quantitative estimate of drug-likeness (QED) is 0.0261. The largest absolute Gasteiger partial charge is 0.462 e. The summed E-state index contributed by atoms with van der Waals surface area (Å²) in [6, 6.07) is 0. The highest BCUT2D eigenvalue weighted by molar-refractivity contribution is 5.71. The number of rotatable bonds is 65. The summed E-state index contributed by atoms with van der Waals surface area (Å²) < 4.78 is 16.8. The Morgan fingerprint density at radius 2 is 0.434 bits per heavy atom. The Morgan fingerprint density at radius 3 is 0.658 bits per heavy atom. The number of hydrogen-bond donors (Lipinski definition) is 0. The van der Waals surface area contributed by atoms with E-state index < -0.39 is 6.10 Å². The summed E-state index contributed by atoms with van der Waals surface area (Å²) >= 11 is 0. The van der Waals surface area contributed by atoms with Gasteiger partial charge in [-0.3, -0.25) is 14.4 Å². The summed E-state index contributed by atoms with van der Waals surface area (Å²) in [7, 11) is 0. The molecule has 1 unspecified atom stereocenters. The number of esters is 3. The Kier molecular flexibility index (Phi) is 64.1. The van der Waals surface area contributed by atoms with Crippen LogP contribution in [0.3, 0.4) is 0 Å². The van der Waals surface area contributed by atoms with Crippen molar-refractivity contribution in [1.29, 1.82) is 0 Å². The molecule has 1 atom stereocenters. The molecule has 0 heterocycles. The summed E-state index contributed by atoms with van der Waals surface area (Å²) in [6.07, 6.45) is 78.8. The Morgan fingerprint density at radius 1 is 0.250 bits per heavy atom. The molecular weight excluding hydrogens is 937 g/mol. The number of hydrogen-bond acceptors (Lipinski definition) is 6. The van der Waals surface area contributed by atoms with Gasteiger partial charge in [0.05, 0.1) is 0 Å². The highest BCUT2D eigenvalue weighted by Crippen LogP contribution is 2.19.